The van der Waals surface area contributed by atoms with Crippen molar-refractivity contribution in [2.75, 3.05) is 23.7 Å². The molecule has 0 atom stereocenters. The van der Waals surface area contributed by atoms with Crippen molar-refractivity contribution in [3.05, 3.63) is 17.2 Å². The number of nitrogens with zero attached hydrogens (tertiary/aromatic N) is 1. The first-order valence-corrected chi connectivity index (χ1v) is 5.65. The van der Waals surface area contributed by atoms with E-state index in [1.807, 2.05) is 6.07 Å². The van der Waals surface area contributed by atoms with Gasteiger partial charge in [0.1, 0.15) is 5.75 Å². The third kappa shape index (κ3) is 1.19. The highest BCUT2D eigenvalue weighted by atomic mass is 16.3. The standard InChI is InChI=1S/C12H16N2O/c13-10-7-8-3-1-5-14-6-2-4-9(11(8)14)12(10)15/h7,15H,1-6,13H2. The zero-order valence-electron chi connectivity index (χ0n) is 8.79. The molecule has 3 N–H and O–H groups in total. The number of benzene rings is 1. The maximum atomic E-state index is 9.95. The third-order valence-corrected chi connectivity index (χ3v) is 3.52. The summed E-state index contributed by atoms with van der Waals surface area (Å²) in [5.74, 6) is 0.320. The SMILES string of the molecule is Nc1cc2c3c(c1O)CCCN3CCC2. The van der Waals surface area contributed by atoms with Crippen LogP contribution in [0.25, 0.3) is 0 Å². The summed E-state index contributed by atoms with van der Waals surface area (Å²) in [5.41, 5.74) is 10.1. The lowest BCUT2D eigenvalue weighted by Gasteiger charge is -2.37. The maximum absolute atomic E-state index is 9.95. The molecule has 0 radical (unpaired) electrons. The third-order valence-electron chi connectivity index (χ3n) is 3.52. The average Bonchev–Trinajstić information content (AvgIpc) is 2.26. The van der Waals surface area contributed by atoms with Gasteiger partial charge in [-0.15, -0.1) is 0 Å². The van der Waals surface area contributed by atoms with E-state index in [9.17, 15) is 5.11 Å². The molecule has 0 spiro atoms. The van der Waals surface area contributed by atoms with Gasteiger partial charge >= 0.3 is 0 Å². The number of phenols is 1. The van der Waals surface area contributed by atoms with Gasteiger partial charge < -0.3 is 15.7 Å². The van der Waals surface area contributed by atoms with Gasteiger partial charge in [0.05, 0.1) is 5.69 Å². The molecule has 2 aliphatic heterocycles. The highest BCUT2D eigenvalue weighted by molar-refractivity contribution is 5.74. The first-order chi connectivity index (χ1) is 7.27. The van der Waals surface area contributed by atoms with Gasteiger partial charge in [-0.25, -0.2) is 0 Å². The van der Waals surface area contributed by atoms with Crippen molar-refractivity contribution in [1.82, 2.24) is 0 Å². The molecule has 3 heteroatoms. The highest BCUT2D eigenvalue weighted by Gasteiger charge is 2.26. The fourth-order valence-electron chi connectivity index (χ4n) is 2.87. The normalized spacial score (nSPS) is 18.8. The van der Waals surface area contributed by atoms with Gasteiger partial charge in [0, 0.05) is 24.3 Å². The summed E-state index contributed by atoms with van der Waals surface area (Å²) < 4.78 is 0. The Bertz CT molecular complexity index is 413. The molecule has 0 saturated carbocycles. The second-order valence-electron chi connectivity index (χ2n) is 4.49. The molecule has 2 heterocycles. The molecule has 2 aliphatic rings. The van der Waals surface area contributed by atoms with Gasteiger partial charge in [-0.1, -0.05) is 0 Å². The lowest BCUT2D eigenvalue weighted by atomic mass is 9.90. The van der Waals surface area contributed by atoms with Gasteiger partial charge in [0.2, 0.25) is 0 Å². The Morgan fingerprint density at radius 1 is 1.20 bits per heavy atom. The van der Waals surface area contributed by atoms with Crippen LogP contribution >= 0.6 is 0 Å². The van der Waals surface area contributed by atoms with E-state index in [1.54, 1.807) is 0 Å². The number of nitrogens with two attached hydrogens (primary N) is 1. The molecule has 3 nitrogen and oxygen atoms in total. The predicted octanol–water partition coefficient (Wildman–Crippen LogP) is 1.67. The van der Waals surface area contributed by atoms with Crippen LogP contribution in [0, 0.1) is 0 Å². The van der Waals surface area contributed by atoms with E-state index in [1.165, 1.54) is 17.7 Å². The summed E-state index contributed by atoms with van der Waals surface area (Å²) in [6.45, 7) is 2.26. The Morgan fingerprint density at radius 2 is 1.93 bits per heavy atom. The van der Waals surface area contributed by atoms with Gasteiger partial charge in [-0.3, -0.25) is 0 Å². The molecule has 0 saturated heterocycles. The Balaban J connectivity index is 2.25. The second kappa shape index (κ2) is 3.05. The van der Waals surface area contributed by atoms with Crippen molar-refractivity contribution in [3.63, 3.8) is 0 Å². The smallest absolute Gasteiger partial charge is 0.143 e. The van der Waals surface area contributed by atoms with Crippen LogP contribution in [0.2, 0.25) is 0 Å². The van der Waals surface area contributed by atoms with E-state index in [0.29, 0.717) is 11.4 Å². The molecule has 3 rings (SSSR count). The summed E-state index contributed by atoms with van der Waals surface area (Å²) >= 11 is 0. The van der Waals surface area contributed by atoms with Gasteiger partial charge in [-0.2, -0.15) is 0 Å². The van der Waals surface area contributed by atoms with Gasteiger partial charge in [0.15, 0.2) is 0 Å². The minimum absolute atomic E-state index is 0.320. The van der Waals surface area contributed by atoms with Crippen LogP contribution in [0.4, 0.5) is 11.4 Å². The Morgan fingerprint density at radius 3 is 2.73 bits per heavy atom. The van der Waals surface area contributed by atoms with Crippen molar-refractivity contribution in [2.45, 2.75) is 25.7 Å². The first kappa shape index (κ1) is 8.89. The lowest BCUT2D eigenvalue weighted by Crippen LogP contribution is -2.34. The van der Waals surface area contributed by atoms with Crippen LogP contribution in [-0.4, -0.2) is 18.2 Å². The summed E-state index contributed by atoms with van der Waals surface area (Å²) in [5, 5.41) is 9.95. The van der Waals surface area contributed by atoms with Gasteiger partial charge in [0.25, 0.3) is 0 Å². The van der Waals surface area contributed by atoms with Crippen LogP contribution < -0.4 is 10.6 Å². The first-order valence-electron chi connectivity index (χ1n) is 5.65. The Kier molecular flexibility index (Phi) is 1.81. The molecule has 0 fully saturated rings. The largest absolute Gasteiger partial charge is 0.505 e. The summed E-state index contributed by atoms with van der Waals surface area (Å²) in [7, 11) is 0. The maximum Gasteiger partial charge on any atom is 0.143 e. The quantitative estimate of drug-likeness (QED) is 0.499. The Hall–Kier alpha value is -1.38. The molecule has 1 aromatic carbocycles. The fraction of sp³-hybridized carbons (Fsp3) is 0.500. The summed E-state index contributed by atoms with van der Waals surface area (Å²) in [6.07, 6.45) is 4.40. The molecule has 1 aromatic rings. The number of aryl methyl sites for hydroxylation is 1. The topological polar surface area (TPSA) is 49.5 Å². The zero-order valence-corrected chi connectivity index (χ0v) is 8.79. The van der Waals surface area contributed by atoms with Crippen molar-refractivity contribution < 1.29 is 5.11 Å². The number of rotatable bonds is 0. The molecule has 0 aliphatic carbocycles. The van der Waals surface area contributed by atoms with Crippen molar-refractivity contribution in [2.24, 2.45) is 0 Å². The highest BCUT2D eigenvalue weighted by Crippen LogP contribution is 2.42. The number of hydrogen-bond acceptors (Lipinski definition) is 3. The predicted molar refractivity (Wildman–Crippen MR) is 61.4 cm³/mol. The molecule has 0 bridgehead atoms. The van der Waals surface area contributed by atoms with Crippen molar-refractivity contribution >= 4 is 11.4 Å². The molecule has 15 heavy (non-hydrogen) atoms. The van der Waals surface area contributed by atoms with E-state index >= 15 is 0 Å². The minimum atomic E-state index is 0.320. The second-order valence-corrected chi connectivity index (χ2v) is 4.49. The number of hydrogen-bond donors (Lipinski definition) is 2. The number of nitrogen functional groups attached to an aromatic ring is 1. The summed E-state index contributed by atoms with van der Waals surface area (Å²) in [6, 6.07) is 1.95. The van der Waals surface area contributed by atoms with E-state index in [0.717, 1.165) is 37.9 Å². The molecule has 0 amide bonds. The number of phenolic OH excluding ortho intramolecular Hbond substituents is 1. The van der Waals surface area contributed by atoms with E-state index < -0.39 is 0 Å². The lowest BCUT2D eigenvalue weighted by molar-refractivity contribution is 0.465. The van der Waals surface area contributed by atoms with Crippen LogP contribution in [0.1, 0.15) is 24.0 Å². The van der Waals surface area contributed by atoms with E-state index in [2.05, 4.69) is 4.90 Å². The Labute approximate surface area is 89.5 Å². The van der Waals surface area contributed by atoms with Crippen LogP contribution in [0.15, 0.2) is 6.07 Å². The van der Waals surface area contributed by atoms with E-state index in [4.69, 9.17) is 5.73 Å². The average molecular weight is 204 g/mol. The van der Waals surface area contributed by atoms with Crippen molar-refractivity contribution in [3.8, 4) is 5.75 Å². The monoisotopic (exact) mass is 204 g/mol. The number of anilines is 2. The molecule has 0 unspecified atom stereocenters. The fourth-order valence-corrected chi connectivity index (χ4v) is 2.87. The van der Waals surface area contributed by atoms with Crippen LogP contribution in [-0.2, 0) is 12.8 Å². The van der Waals surface area contributed by atoms with Crippen LogP contribution in [0.3, 0.4) is 0 Å². The number of aromatic hydroxyl groups is 1. The zero-order chi connectivity index (χ0) is 10.4. The van der Waals surface area contributed by atoms with Gasteiger partial charge in [-0.05, 0) is 37.3 Å². The van der Waals surface area contributed by atoms with E-state index in [-0.39, 0.29) is 0 Å². The molecule has 80 valence electrons. The van der Waals surface area contributed by atoms with Crippen LogP contribution in [0.5, 0.6) is 5.75 Å². The minimum Gasteiger partial charge on any atom is -0.505 e. The molecular formula is C12H16N2O. The van der Waals surface area contributed by atoms with Crippen molar-refractivity contribution in [1.29, 1.82) is 0 Å². The summed E-state index contributed by atoms with van der Waals surface area (Å²) in [4.78, 5) is 2.40. The molecular weight excluding hydrogens is 188 g/mol. The molecule has 0 aromatic heterocycles.